The van der Waals surface area contributed by atoms with Gasteiger partial charge in [0.15, 0.2) is 5.13 Å². The summed E-state index contributed by atoms with van der Waals surface area (Å²) in [7, 11) is 0. The number of nitrogens with one attached hydrogen (secondary N) is 1. The topological polar surface area (TPSA) is 91.2 Å². The van der Waals surface area contributed by atoms with E-state index in [-0.39, 0.29) is 11.7 Å². The molecule has 0 bridgehead atoms. The maximum Gasteiger partial charge on any atom is 0.270 e. The van der Waals surface area contributed by atoms with Crippen LogP contribution in [-0.4, -0.2) is 26.0 Å². The van der Waals surface area contributed by atoms with Gasteiger partial charge >= 0.3 is 0 Å². The van der Waals surface area contributed by atoms with E-state index in [1.165, 1.54) is 23.1 Å². The van der Waals surface area contributed by atoms with Gasteiger partial charge in [-0.15, -0.1) is 0 Å². The molecule has 2 N–H and O–H groups in total. The fourth-order valence-electron chi connectivity index (χ4n) is 3.58. The number of carbonyl (C=O) groups is 1. The largest absolute Gasteiger partial charge is 0.506 e. The van der Waals surface area contributed by atoms with Crippen LogP contribution >= 0.6 is 22.9 Å². The fourth-order valence-corrected chi connectivity index (χ4v) is 4.58. The van der Waals surface area contributed by atoms with Gasteiger partial charge in [0, 0.05) is 6.07 Å². The van der Waals surface area contributed by atoms with Gasteiger partial charge in [-0.05, 0) is 43.0 Å². The molecule has 0 aliphatic rings. The molecule has 174 valence electrons. The van der Waals surface area contributed by atoms with Gasteiger partial charge in [0.25, 0.3) is 5.91 Å². The first-order valence-corrected chi connectivity index (χ1v) is 12.0. The van der Waals surface area contributed by atoms with E-state index in [1.807, 2.05) is 25.1 Å². The van der Waals surface area contributed by atoms with Gasteiger partial charge < -0.3 is 10.4 Å². The van der Waals surface area contributed by atoms with Crippen molar-refractivity contribution in [3.63, 3.8) is 0 Å². The SMILES string of the molecule is CCc1ccc(CN(C(=O)c2cnc(Nc3cc(Cl)nc(C)n3)s2)c2c(C)cccc2O)cc1. The molecule has 2 heterocycles. The molecule has 0 saturated heterocycles. The molecule has 9 heteroatoms. The summed E-state index contributed by atoms with van der Waals surface area (Å²) in [5.41, 5.74) is 3.46. The van der Waals surface area contributed by atoms with E-state index in [4.69, 9.17) is 11.6 Å². The monoisotopic (exact) mass is 493 g/mol. The molecule has 4 rings (SSSR count). The van der Waals surface area contributed by atoms with Crippen molar-refractivity contribution >= 4 is 45.5 Å². The van der Waals surface area contributed by atoms with Crippen molar-refractivity contribution in [2.24, 2.45) is 0 Å². The zero-order chi connectivity index (χ0) is 24.2. The summed E-state index contributed by atoms with van der Waals surface area (Å²) in [4.78, 5) is 28.4. The Morgan fingerprint density at radius 1 is 1.12 bits per heavy atom. The van der Waals surface area contributed by atoms with Crippen molar-refractivity contribution in [3.8, 4) is 5.75 Å². The minimum atomic E-state index is -0.258. The number of phenolic OH excluding ortho intramolecular Hbond substituents is 1. The van der Waals surface area contributed by atoms with E-state index in [2.05, 4.69) is 39.3 Å². The molecule has 34 heavy (non-hydrogen) atoms. The van der Waals surface area contributed by atoms with Gasteiger partial charge in [0.1, 0.15) is 27.4 Å². The summed E-state index contributed by atoms with van der Waals surface area (Å²) in [6.07, 6.45) is 2.46. The predicted molar refractivity (Wildman–Crippen MR) is 136 cm³/mol. The Kier molecular flexibility index (Phi) is 7.09. The Balaban J connectivity index is 1.65. The van der Waals surface area contributed by atoms with Crippen molar-refractivity contribution in [2.75, 3.05) is 10.2 Å². The van der Waals surface area contributed by atoms with Crippen LogP contribution in [0.15, 0.2) is 54.7 Å². The van der Waals surface area contributed by atoms with Crippen molar-refractivity contribution in [1.82, 2.24) is 15.0 Å². The normalized spacial score (nSPS) is 10.8. The average molecular weight is 494 g/mol. The second kappa shape index (κ2) is 10.2. The van der Waals surface area contributed by atoms with E-state index >= 15 is 0 Å². The molecule has 0 fully saturated rings. The summed E-state index contributed by atoms with van der Waals surface area (Å²) in [6.45, 7) is 6.02. The number of carbonyl (C=O) groups excluding carboxylic acids is 1. The molecular formula is C25H24ClN5O2S. The number of amides is 1. The maximum absolute atomic E-state index is 13.7. The van der Waals surface area contributed by atoms with Crippen LogP contribution in [0.1, 0.15) is 39.1 Å². The highest BCUT2D eigenvalue weighted by molar-refractivity contribution is 7.17. The number of hydrogen-bond acceptors (Lipinski definition) is 7. The molecule has 0 saturated carbocycles. The molecule has 1 amide bonds. The Labute approximate surface area is 207 Å². The molecule has 0 radical (unpaired) electrons. The highest BCUT2D eigenvalue weighted by Crippen LogP contribution is 2.34. The number of phenols is 1. The molecular weight excluding hydrogens is 470 g/mol. The third kappa shape index (κ3) is 5.35. The second-order valence-corrected chi connectivity index (χ2v) is 9.20. The molecule has 7 nitrogen and oxygen atoms in total. The number of nitrogens with zero attached hydrogens (tertiary/aromatic N) is 4. The minimum Gasteiger partial charge on any atom is -0.506 e. The van der Waals surface area contributed by atoms with Gasteiger partial charge in [-0.1, -0.05) is 66.3 Å². The molecule has 0 aliphatic carbocycles. The minimum absolute atomic E-state index is 0.0486. The first-order valence-electron chi connectivity index (χ1n) is 10.8. The van der Waals surface area contributed by atoms with Gasteiger partial charge in [-0.3, -0.25) is 9.69 Å². The number of hydrogen-bond donors (Lipinski definition) is 2. The zero-order valence-electron chi connectivity index (χ0n) is 19.0. The Morgan fingerprint density at radius 2 is 1.85 bits per heavy atom. The molecule has 0 unspecified atom stereocenters. The number of thiazole rings is 1. The molecule has 0 atom stereocenters. The summed E-state index contributed by atoms with van der Waals surface area (Å²) in [5.74, 6) is 0.813. The number of rotatable bonds is 7. The highest BCUT2D eigenvalue weighted by atomic mass is 35.5. The predicted octanol–water partition coefficient (Wildman–Crippen LogP) is 6.06. The lowest BCUT2D eigenvalue weighted by Crippen LogP contribution is -2.30. The molecule has 2 aromatic heterocycles. The summed E-state index contributed by atoms with van der Waals surface area (Å²) < 4.78 is 0. The third-order valence-corrected chi connectivity index (χ3v) is 6.36. The van der Waals surface area contributed by atoms with E-state index in [0.29, 0.717) is 39.0 Å². The van der Waals surface area contributed by atoms with E-state index in [9.17, 15) is 9.90 Å². The number of benzene rings is 2. The molecule has 0 spiro atoms. The lowest BCUT2D eigenvalue weighted by molar-refractivity contribution is 0.0988. The van der Waals surface area contributed by atoms with E-state index in [0.717, 1.165) is 17.5 Å². The van der Waals surface area contributed by atoms with E-state index < -0.39 is 0 Å². The Morgan fingerprint density at radius 3 is 2.53 bits per heavy atom. The van der Waals surface area contributed by atoms with Gasteiger partial charge in [-0.2, -0.15) is 0 Å². The highest BCUT2D eigenvalue weighted by Gasteiger charge is 2.24. The third-order valence-electron chi connectivity index (χ3n) is 5.26. The Bertz CT molecular complexity index is 1280. The van der Waals surface area contributed by atoms with Crippen LogP contribution in [0, 0.1) is 13.8 Å². The van der Waals surface area contributed by atoms with Crippen molar-refractivity contribution in [2.45, 2.75) is 33.7 Å². The smallest absolute Gasteiger partial charge is 0.270 e. The van der Waals surface area contributed by atoms with Gasteiger partial charge in [0.05, 0.1) is 18.4 Å². The van der Waals surface area contributed by atoms with E-state index in [1.54, 1.807) is 30.0 Å². The van der Waals surface area contributed by atoms with Crippen LogP contribution in [0.2, 0.25) is 5.15 Å². The summed E-state index contributed by atoms with van der Waals surface area (Å²) in [5, 5.41) is 14.5. The van der Waals surface area contributed by atoms with Crippen LogP contribution in [0.4, 0.5) is 16.6 Å². The fraction of sp³-hybridized carbons (Fsp3) is 0.200. The van der Waals surface area contributed by atoms with Gasteiger partial charge in [0.2, 0.25) is 0 Å². The maximum atomic E-state index is 13.7. The van der Waals surface area contributed by atoms with Crippen molar-refractivity contribution in [3.05, 3.63) is 87.3 Å². The lowest BCUT2D eigenvalue weighted by atomic mass is 10.1. The molecule has 2 aromatic carbocycles. The van der Waals surface area contributed by atoms with Crippen LogP contribution < -0.4 is 10.2 Å². The number of anilines is 3. The Hall–Kier alpha value is -3.49. The van der Waals surface area contributed by atoms with Crippen LogP contribution in [0.5, 0.6) is 5.75 Å². The second-order valence-electron chi connectivity index (χ2n) is 7.78. The summed E-state index contributed by atoms with van der Waals surface area (Å²) in [6, 6.07) is 14.9. The van der Waals surface area contributed by atoms with Crippen LogP contribution in [0.25, 0.3) is 0 Å². The summed E-state index contributed by atoms with van der Waals surface area (Å²) >= 11 is 7.21. The van der Waals surface area contributed by atoms with Gasteiger partial charge in [-0.25, -0.2) is 15.0 Å². The lowest BCUT2D eigenvalue weighted by Gasteiger charge is -2.25. The first-order chi connectivity index (χ1) is 16.3. The number of aromatic nitrogens is 3. The van der Waals surface area contributed by atoms with Crippen LogP contribution in [0.3, 0.4) is 0 Å². The first kappa shape index (κ1) is 23.7. The molecule has 4 aromatic rings. The van der Waals surface area contributed by atoms with Crippen molar-refractivity contribution in [1.29, 1.82) is 0 Å². The standard InChI is InChI=1S/C25H24ClN5O2S/c1-4-17-8-10-18(11-9-17)14-31(23-15(2)6-5-7-19(23)32)24(33)20-13-27-25(34-20)30-22-12-21(26)28-16(3)29-22/h5-13,32H,4,14H2,1-3H3,(H,27,28,29,30). The van der Waals surface area contributed by atoms with Crippen LogP contribution in [-0.2, 0) is 13.0 Å². The van der Waals surface area contributed by atoms with Crippen molar-refractivity contribution < 1.29 is 9.90 Å². The molecule has 0 aliphatic heterocycles. The quantitative estimate of drug-likeness (QED) is 0.304. The zero-order valence-corrected chi connectivity index (χ0v) is 20.6. The number of para-hydroxylation sites is 1. The number of aryl methyl sites for hydroxylation is 3. The average Bonchev–Trinajstić information content (AvgIpc) is 3.26. The number of halogens is 1. The number of aromatic hydroxyl groups is 1.